The van der Waals surface area contributed by atoms with E-state index < -0.39 is 0 Å². The van der Waals surface area contributed by atoms with Crippen LogP contribution >= 0.6 is 0 Å². The first-order valence-electron chi connectivity index (χ1n) is 11.7. The second kappa shape index (κ2) is 11.4. The van der Waals surface area contributed by atoms with E-state index in [1.165, 1.54) is 11.1 Å². The topological polar surface area (TPSA) is 41.6 Å². The molecule has 1 saturated heterocycles. The summed E-state index contributed by atoms with van der Waals surface area (Å²) >= 11 is 0. The molecule has 0 bridgehead atoms. The third-order valence-electron chi connectivity index (χ3n) is 6.92. The molecule has 1 amide bonds. The molecule has 1 aliphatic rings. The Balaban J connectivity index is 1.64. The van der Waals surface area contributed by atoms with Crippen LogP contribution in [0.5, 0.6) is 0 Å². The molecule has 31 heavy (non-hydrogen) atoms. The molecule has 0 saturated carbocycles. The van der Waals surface area contributed by atoms with Gasteiger partial charge in [-0.15, -0.1) is 0 Å². The van der Waals surface area contributed by atoms with Gasteiger partial charge in [0.2, 0.25) is 5.91 Å². The first-order valence-corrected chi connectivity index (χ1v) is 11.7. The van der Waals surface area contributed by atoms with Crippen LogP contribution in [0.15, 0.2) is 60.7 Å². The van der Waals surface area contributed by atoms with Crippen LogP contribution in [-0.2, 0) is 21.4 Å². The number of carbonyl (C=O) groups excluding carboxylic acids is 1. The number of hydrogen-bond acceptors (Lipinski definition) is 3. The highest BCUT2D eigenvalue weighted by Crippen LogP contribution is 2.39. The molecule has 0 spiro atoms. The molecule has 1 aliphatic heterocycles. The minimum Gasteiger partial charge on any atom is -0.380 e. The molecule has 0 aromatic heterocycles. The van der Waals surface area contributed by atoms with E-state index in [0.717, 1.165) is 32.5 Å². The van der Waals surface area contributed by atoms with Crippen LogP contribution in [0.2, 0.25) is 0 Å². The van der Waals surface area contributed by atoms with Crippen LogP contribution in [0.1, 0.15) is 38.3 Å². The summed E-state index contributed by atoms with van der Waals surface area (Å²) in [5.74, 6) is 0.604. The van der Waals surface area contributed by atoms with Crippen molar-refractivity contribution >= 4 is 5.91 Å². The average molecular weight is 423 g/mol. The van der Waals surface area contributed by atoms with Gasteiger partial charge in [0.15, 0.2) is 0 Å². The fraction of sp³-hybridized carbons (Fsp3) is 0.519. The number of benzene rings is 2. The first-order chi connectivity index (χ1) is 15.0. The van der Waals surface area contributed by atoms with Crippen molar-refractivity contribution in [2.75, 3.05) is 39.4 Å². The average Bonchev–Trinajstić information content (AvgIpc) is 2.80. The minimum absolute atomic E-state index is 0.0580. The highest BCUT2D eigenvalue weighted by atomic mass is 16.5. The monoisotopic (exact) mass is 422 g/mol. The highest BCUT2D eigenvalue weighted by Gasteiger charge is 2.38. The fourth-order valence-corrected chi connectivity index (χ4v) is 4.72. The Morgan fingerprint density at radius 1 is 1.16 bits per heavy atom. The Kier molecular flexibility index (Phi) is 8.68. The summed E-state index contributed by atoms with van der Waals surface area (Å²) in [6.45, 7) is 11.4. The second-order valence-electron chi connectivity index (χ2n) is 9.07. The lowest BCUT2D eigenvalue weighted by Crippen LogP contribution is -2.50. The predicted octanol–water partition coefficient (Wildman–Crippen LogP) is 4.30. The molecule has 1 heterocycles. The quantitative estimate of drug-likeness (QED) is 0.581. The molecular weight excluding hydrogens is 384 g/mol. The molecule has 1 unspecified atom stereocenters. The van der Waals surface area contributed by atoms with Crippen LogP contribution in [0.4, 0.5) is 0 Å². The minimum atomic E-state index is -0.0580. The van der Waals surface area contributed by atoms with Gasteiger partial charge in [-0.05, 0) is 48.8 Å². The number of piperidine rings is 1. The summed E-state index contributed by atoms with van der Waals surface area (Å²) in [7, 11) is 0. The predicted molar refractivity (Wildman–Crippen MR) is 127 cm³/mol. The Bertz CT molecular complexity index is 795. The molecule has 0 radical (unpaired) electrons. The van der Waals surface area contributed by atoms with Gasteiger partial charge in [0.05, 0.1) is 12.5 Å². The molecule has 0 aliphatic carbocycles. The van der Waals surface area contributed by atoms with Crippen LogP contribution in [-0.4, -0.2) is 50.2 Å². The normalized spacial score (nSPS) is 22.7. The molecule has 3 atom stereocenters. The van der Waals surface area contributed by atoms with Crippen molar-refractivity contribution in [3.8, 4) is 0 Å². The number of carbonyl (C=O) groups is 1. The summed E-state index contributed by atoms with van der Waals surface area (Å²) in [5, 5.41) is 3.09. The maximum absolute atomic E-state index is 13.0. The summed E-state index contributed by atoms with van der Waals surface area (Å²) in [6.07, 6.45) is 1.88. The van der Waals surface area contributed by atoms with Gasteiger partial charge < -0.3 is 15.0 Å². The van der Waals surface area contributed by atoms with Gasteiger partial charge in [-0.1, -0.05) is 74.5 Å². The highest BCUT2D eigenvalue weighted by molar-refractivity contribution is 5.79. The van der Waals surface area contributed by atoms with E-state index in [1.807, 2.05) is 25.1 Å². The van der Waals surface area contributed by atoms with Crippen molar-refractivity contribution in [1.29, 1.82) is 0 Å². The number of nitrogens with zero attached hydrogens (tertiary/aromatic N) is 1. The maximum Gasteiger partial charge on any atom is 0.224 e. The number of likely N-dealkylation sites (tertiary alicyclic amines) is 1. The van der Waals surface area contributed by atoms with Crippen molar-refractivity contribution in [3.63, 3.8) is 0 Å². The van der Waals surface area contributed by atoms with E-state index in [9.17, 15) is 4.79 Å². The summed E-state index contributed by atoms with van der Waals surface area (Å²) in [6, 6.07) is 21.2. The van der Waals surface area contributed by atoms with Gasteiger partial charge in [0, 0.05) is 26.2 Å². The summed E-state index contributed by atoms with van der Waals surface area (Å²) in [5.41, 5.74) is 2.83. The van der Waals surface area contributed by atoms with Crippen molar-refractivity contribution in [2.24, 2.45) is 11.8 Å². The van der Waals surface area contributed by atoms with Crippen LogP contribution in [0.25, 0.3) is 0 Å². The van der Waals surface area contributed by atoms with E-state index in [2.05, 4.69) is 66.5 Å². The number of amides is 1. The Hall–Kier alpha value is -2.17. The fourth-order valence-electron chi connectivity index (χ4n) is 4.72. The lowest BCUT2D eigenvalue weighted by Gasteiger charge is -2.45. The zero-order chi connectivity index (χ0) is 22.1. The van der Waals surface area contributed by atoms with Gasteiger partial charge in [-0.3, -0.25) is 4.79 Å². The standard InChI is InChI=1S/C27H38N2O2/c1-4-31-18-16-28-26(30)24(19-23-11-7-5-8-12-23)21-29-17-15-27(3,22(2)20-29)25-13-9-6-10-14-25/h5-14,22,24H,4,15-21H2,1-3H3,(H,28,30)/t22?,24-,27+/m0/s1. The molecule has 3 rings (SSSR count). The number of nitrogens with one attached hydrogen (secondary N) is 1. The van der Waals surface area contributed by atoms with E-state index >= 15 is 0 Å². The zero-order valence-corrected chi connectivity index (χ0v) is 19.3. The van der Waals surface area contributed by atoms with Gasteiger partial charge in [-0.2, -0.15) is 0 Å². The largest absolute Gasteiger partial charge is 0.380 e. The number of rotatable bonds is 10. The smallest absolute Gasteiger partial charge is 0.224 e. The van der Waals surface area contributed by atoms with Crippen molar-refractivity contribution in [1.82, 2.24) is 10.2 Å². The Morgan fingerprint density at radius 2 is 1.84 bits per heavy atom. The van der Waals surface area contributed by atoms with Gasteiger partial charge >= 0.3 is 0 Å². The lowest BCUT2D eigenvalue weighted by molar-refractivity contribution is -0.126. The van der Waals surface area contributed by atoms with E-state index in [-0.39, 0.29) is 17.2 Å². The van der Waals surface area contributed by atoms with Crippen molar-refractivity contribution in [3.05, 3.63) is 71.8 Å². The number of ether oxygens (including phenoxy) is 1. The molecule has 4 nitrogen and oxygen atoms in total. The molecule has 168 valence electrons. The summed E-state index contributed by atoms with van der Waals surface area (Å²) in [4.78, 5) is 15.5. The molecule has 1 fully saturated rings. The third kappa shape index (κ3) is 6.41. The molecular formula is C27H38N2O2. The molecule has 1 N–H and O–H groups in total. The maximum atomic E-state index is 13.0. The first kappa shape index (κ1) is 23.5. The zero-order valence-electron chi connectivity index (χ0n) is 19.3. The van der Waals surface area contributed by atoms with Crippen LogP contribution in [0.3, 0.4) is 0 Å². The van der Waals surface area contributed by atoms with E-state index in [0.29, 0.717) is 25.7 Å². The molecule has 4 heteroatoms. The van der Waals surface area contributed by atoms with Gasteiger partial charge in [0.1, 0.15) is 0 Å². The van der Waals surface area contributed by atoms with Crippen molar-refractivity contribution < 1.29 is 9.53 Å². The van der Waals surface area contributed by atoms with E-state index in [4.69, 9.17) is 4.74 Å². The number of hydrogen-bond donors (Lipinski definition) is 1. The van der Waals surface area contributed by atoms with Gasteiger partial charge in [-0.25, -0.2) is 0 Å². The third-order valence-corrected chi connectivity index (χ3v) is 6.92. The molecule has 2 aromatic rings. The van der Waals surface area contributed by atoms with Crippen LogP contribution < -0.4 is 5.32 Å². The van der Waals surface area contributed by atoms with E-state index in [1.54, 1.807) is 0 Å². The lowest BCUT2D eigenvalue weighted by atomic mass is 9.68. The molecule has 2 aromatic carbocycles. The Morgan fingerprint density at radius 3 is 2.48 bits per heavy atom. The van der Waals surface area contributed by atoms with Crippen LogP contribution in [0, 0.1) is 11.8 Å². The van der Waals surface area contributed by atoms with Gasteiger partial charge in [0.25, 0.3) is 0 Å². The SMILES string of the molecule is CCOCCNC(=O)[C@@H](Cc1ccccc1)CN1CC[C@@](C)(c2ccccc2)C(C)C1. The van der Waals surface area contributed by atoms with Crippen molar-refractivity contribution in [2.45, 2.75) is 39.0 Å². The summed E-state index contributed by atoms with van der Waals surface area (Å²) < 4.78 is 5.39. The second-order valence-corrected chi connectivity index (χ2v) is 9.07. The Labute approximate surface area is 188 Å².